The summed E-state index contributed by atoms with van der Waals surface area (Å²) in [6.45, 7) is -0.165. The highest BCUT2D eigenvalue weighted by molar-refractivity contribution is 5.65. The number of carbonyl (C=O) groups is 1. The molecule has 0 heterocycles. The van der Waals surface area contributed by atoms with Crippen molar-refractivity contribution in [1.82, 2.24) is 10.6 Å². The van der Waals surface area contributed by atoms with Gasteiger partial charge in [-0.2, -0.15) is 13.2 Å². The van der Waals surface area contributed by atoms with Gasteiger partial charge in [-0.25, -0.2) is 4.79 Å². The van der Waals surface area contributed by atoms with E-state index in [0.29, 0.717) is 0 Å². The molecule has 2 aromatic rings. The van der Waals surface area contributed by atoms with Gasteiger partial charge >= 0.3 is 12.3 Å². The second-order valence-electron chi connectivity index (χ2n) is 6.10. The molecule has 146 valence electrons. The highest BCUT2D eigenvalue weighted by Crippen LogP contribution is 2.31. The lowest BCUT2D eigenvalue weighted by atomic mass is 10.0. The Kier molecular flexibility index (Phi) is 7.20. The zero-order valence-corrected chi connectivity index (χ0v) is 14.4. The molecule has 1 amide bonds. The van der Waals surface area contributed by atoms with Crippen LogP contribution in [0, 0.1) is 0 Å². The van der Waals surface area contributed by atoms with Crippen molar-refractivity contribution in [2.45, 2.75) is 31.3 Å². The second kappa shape index (κ2) is 9.38. The van der Waals surface area contributed by atoms with E-state index >= 15 is 0 Å². The quantitative estimate of drug-likeness (QED) is 0.566. The number of nitrogens with one attached hydrogen (secondary N) is 2. The van der Waals surface area contributed by atoms with Crippen LogP contribution in [0.5, 0.6) is 0 Å². The fourth-order valence-corrected chi connectivity index (χ4v) is 2.76. The van der Waals surface area contributed by atoms with Gasteiger partial charge in [-0.3, -0.25) is 0 Å². The predicted molar refractivity (Wildman–Crippen MR) is 94.3 cm³/mol. The molecule has 0 saturated heterocycles. The summed E-state index contributed by atoms with van der Waals surface area (Å²) in [6, 6.07) is 13.4. The van der Waals surface area contributed by atoms with Gasteiger partial charge in [0.05, 0.1) is 17.7 Å². The molecule has 2 aromatic carbocycles. The number of benzene rings is 2. The van der Waals surface area contributed by atoms with Crippen LogP contribution in [0.4, 0.5) is 18.0 Å². The maximum Gasteiger partial charge on any atom is 0.416 e. The minimum Gasteiger partial charge on any atom is -0.465 e. The molecule has 0 saturated carbocycles. The molecule has 0 fully saturated rings. The van der Waals surface area contributed by atoms with E-state index in [1.807, 2.05) is 6.07 Å². The third kappa shape index (κ3) is 6.58. The first-order valence-corrected chi connectivity index (χ1v) is 8.34. The number of carboxylic acid groups (broad SMARTS) is 1. The smallest absolute Gasteiger partial charge is 0.416 e. The van der Waals surface area contributed by atoms with Crippen LogP contribution in [0.15, 0.2) is 54.6 Å². The Labute approximate surface area is 154 Å². The number of aliphatic hydroxyl groups is 1. The molecule has 0 aromatic heterocycles. The summed E-state index contributed by atoms with van der Waals surface area (Å²) in [4.78, 5) is 11.0. The van der Waals surface area contributed by atoms with Crippen molar-refractivity contribution in [2.24, 2.45) is 0 Å². The Balaban J connectivity index is 1.97. The van der Waals surface area contributed by atoms with Crippen molar-refractivity contribution >= 4 is 6.09 Å². The maximum absolute atomic E-state index is 13.0. The summed E-state index contributed by atoms with van der Waals surface area (Å²) in [5, 5.41) is 24.3. The lowest BCUT2D eigenvalue weighted by Gasteiger charge is -2.24. The first-order chi connectivity index (χ1) is 12.8. The van der Waals surface area contributed by atoms with Crippen LogP contribution in [-0.2, 0) is 19.1 Å². The van der Waals surface area contributed by atoms with Crippen molar-refractivity contribution in [2.75, 3.05) is 6.54 Å². The molecule has 0 aliphatic carbocycles. The number of halogens is 3. The summed E-state index contributed by atoms with van der Waals surface area (Å²) in [5.41, 5.74) is 0.150. The van der Waals surface area contributed by atoms with Gasteiger partial charge in [0.1, 0.15) is 0 Å². The van der Waals surface area contributed by atoms with Crippen molar-refractivity contribution in [3.8, 4) is 0 Å². The van der Waals surface area contributed by atoms with E-state index in [1.165, 1.54) is 18.2 Å². The molecule has 8 heteroatoms. The number of rotatable bonds is 8. The largest absolute Gasteiger partial charge is 0.465 e. The molecule has 5 nitrogen and oxygen atoms in total. The predicted octanol–water partition coefficient (Wildman–Crippen LogP) is 3.03. The Hall–Kier alpha value is -2.58. The van der Waals surface area contributed by atoms with Crippen LogP contribution in [0.2, 0.25) is 0 Å². The average molecular weight is 382 g/mol. The summed E-state index contributed by atoms with van der Waals surface area (Å²) in [7, 11) is 0. The molecule has 0 spiro atoms. The zero-order chi connectivity index (χ0) is 19.9. The van der Waals surface area contributed by atoms with Crippen LogP contribution in [0.3, 0.4) is 0 Å². The van der Waals surface area contributed by atoms with Crippen LogP contribution in [-0.4, -0.2) is 35.0 Å². The fourth-order valence-electron chi connectivity index (χ4n) is 2.76. The monoisotopic (exact) mass is 382 g/mol. The molecule has 0 radical (unpaired) electrons. The van der Waals surface area contributed by atoms with Crippen LogP contribution >= 0.6 is 0 Å². The number of aliphatic hydroxyl groups excluding tert-OH is 1. The van der Waals surface area contributed by atoms with Gasteiger partial charge < -0.3 is 20.8 Å². The van der Waals surface area contributed by atoms with Crippen molar-refractivity contribution < 1.29 is 28.2 Å². The standard InChI is InChI=1S/C19H21F3N2O3/c20-19(21,22)15-9-5-4-8-14(15)11-23-12-17(25)16(24-18(26)27)10-13-6-2-1-3-7-13/h1-9,16-17,23-25H,10-12H2,(H,26,27). The van der Waals surface area contributed by atoms with Gasteiger partial charge in [0.15, 0.2) is 0 Å². The van der Waals surface area contributed by atoms with Gasteiger partial charge in [0, 0.05) is 13.1 Å². The topological polar surface area (TPSA) is 81.6 Å². The van der Waals surface area contributed by atoms with E-state index in [4.69, 9.17) is 5.11 Å². The van der Waals surface area contributed by atoms with Crippen molar-refractivity contribution in [3.05, 3.63) is 71.3 Å². The number of amides is 1. The van der Waals surface area contributed by atoms with Gasteiger partial charge in [0.25, 0.3) is 0 Å². The normalized spacial score (nSPS) is 13.8. The van der Waals surface area contributed by atoms with Crippen molar-refractivity contribution in [1.29, 1.82) is 0 Å². The van der Waals surface area contributed by atoms with Crippen molar-refractivity contribution in [3.63, 3.8) is 0 Å². The Morgan fingerprint density at radius 3 is 2.30 bits per heavy atom. The molecule has 27 heavy (non-hydrogen) atoms. The van der Waals surface area contributed by atoms with E-state index in [1.54, 1.807) is 24.3 Å². The molecule has 0 aliphatic heterocycles. The fraction of sp³-hybridized carbons (Fsp3) is 0.316. The highest BCUT2D eigenvalue weighted by Gasteiger charge is 2.32. The number of hydrogen-bond acceptors (Lipinski definition) is 3. The van der Waals surface area contributed by atoms with E-state index in [2.05, 4.69) is 10.6 Å². The molecule has 4 N–H and O–H groups in total. The molecular weight excluding hydrogens is 361 g/mol. The van der Waals surface area contributed by atoms with Crippen LogP contribution in [0.25, 0.3) is 0 Å². The lowest BCUT2D eigenvalue weighted by molar-refractivity contribution is -0.138. The third-order valence-corrected chi connectivity index (χ3v) is 4.06. The SMILES string of the molecule is O=C(O)NC(Cc1ccccc1)C(O)CNCc1ccccc1C(F)(F)F. The molecule has 0 aliphatic rings. The zero-order valence-electron chi connectivity index (χ0n) is 14.4. The molecule has 0 bridgehead atoms. The Bertz CT molecular complexity index is 738. The minimum atomic E-state index is -4.46. The minimum absolute atomic E-state index is 0.0583. The number of hydrogen-bond donors (Lipinski definition) is 4. The first-order valence-electron chi connectivity index (χ1n) is 8.34. The number of alkyl halides is 3. The van der Waals surface area contributed by atoms with E-state index < -0.39 is 30.0 Å². The molecular formula is C19H21F3N2O3. The molecule has 2 rings (SSSR count). The summed E-state index contributed by atoms with van der Waals surface area (Å²) >= 11 is 0. The van der Waals surface area contributed by atoms with Gasteiger partial charge in [0.2, 0.25) is 0 Å². The van der Waals surface area contributed by atoms with Crippen LogP contribution < -0.4 is 10.6 Å². The molecule has 2 atom stereocenters. The maximum atomic E-state index is 13.0. The third-order valence-electron chi connectivity index (χ3n) is 4.06. The van der Waals surface area contributed by atoms with Gasteiger partial charge in [-0.1, -0.05) is 48.5 Å². The highest BCUT2D eigenvalue weighted by atomic mass is 19.4. The van der Waals surface area contributed by atoms with Gasteiger partial charge in [-0.15, -0.1) is 0 Å². The lowest BCUT2D eigenvalue weighted by Crippen LogP contribution is -2.48. The Morgan fingerprint density at radius 2 is 1.67 bits per heavy atom. The van der Waals surface area contributed by atoms with Crippen LogP contribution in [0.1, 0.15) is 16.7 Å². The summed E-state index contributed by atoms with van der Waals surface area (Å²) in [6.07, 6.45) is -6.59. The Morgan fingerprint density at radius 1 is 1.04 bits per heavy atom. The summed E-state index contributed by atoms with van der Waals surface area (Å²) < 4.78 is 39.0. The van der Waals surface area contributed by atoms with E-state index in [0.717, 1.165) is 11.6 Å². The van der Waals surface area contributed by atoms with Gasteiger partial charge in [-0.05, 0) is 23.6 Å². The van der Waals surface area contributed by atoms with E-state index in [9.17, 15) is 23.1 Å². The first kappa shape index (κ1) is 20.7. The average Bonchev–Trinajstić information content (AvgIpc) is 2.61. The molecule has 2 unspecified atom stereocenters. The summed E-state index contributed by atoms with van der Waals surface area (Å²) in [5.74, 6) is 0. The second-order valence-corrected chi connectivity index (χ2v) is 6.10. The van der Waals surface area contributed by atoms with E-state index in [-0.39, 0.29) is 25.1 Å².